The van der Waals surface area contributed by atoms with Crippen LogP contribution in [0.5, 0.6) is 5.75 Å². The molecule has 0 spiro atoms. The van der Waals surface area contributed by atoms with Crippen molar-refractivity contribution in [3.05, 3.63) is 29.3 Å². The molecule has 0 aliphatic rings. The van der Waals surface area contributed by atoms with Crippen LogP contribution < -0.4 is 16.0 Å². The molecule has 1 aromatic carbocycles. The Labute approximate surface area is 98.0 Å². The van der Waals surface area contributed by atoms with E-state index in [1.165, 1.54) is 11.1 Å². The molecule has 0 saturated carbocycles. The van der Waals surface area contributed by atoms with E-state index in [1.807, 2.05) is 19.1 Å². The van der Waals surface area contributed by atoms with E-state index in [9.17, 15) is 0 Å². The minimum Gasteiger partial charge on any atom is -0.496 e. The van der Waals surface area contributed by atoms with Crippen LogP contribution in [0.15, 0.2) is 18.2 Å². The lowest BCUT2D eigenvalue weighted by Crippen LogP contribution is -2.26. The second kappa shape index (κ2) is 4.85. The van der Waals surface area contributed by atoms with Gasteiger partial charge < -0.3 is 4.74 Å². The zero-order chi connectivity index (χ0) is 12.3. The number of methoxy groups -OCH3 is 1. The lowest BCUT2D eigenvalue weighted by molar-refractivity contribution is 0.397. The molecule has 0 heterocycles. The van der Waals surface area contributed by atoms with Gasteiger partial charge in [0.05, 0.1) is 7.11 Å². The van der Waals surface area contributed by atoms with Crippen LogP contribution in [0.25, 0.3) is 0 Å². The summed E-state index contributed by atoms with van der Waals surface area (Å²) in [6.45, 7) is 8.56. The summed E-state index contributed by atoms with van der Waals surface area (Å²) >= 11 is 0. The smallest absolute Gasteiger partial charge is 0.122 e. The van der Waals surface area contributed by atoms with Crippen molar-refractivity contribution in [1.29, 1.82) is 0 Å². The Hall–Kier alpha value is -1.06. The molecular weight excluding hydrogens is 200 g/mol. The summed E-state index contributed by atoms with van der Waals surface area (Å²) in [6.07, 6.45) is 0. The lowest BCUT2D eigenvalue weighted by Gasteiger charge is -2.24. The Morgan fingerprint density at radius 1 is 1.31 bits per heavy atom. The maximum Gasteiger partial charge on any atom is 0.122 e. The third-order valence-electron chi connectivity index (χ3n) is 2.78. The number of nitrogens with one attached hydrogen (secondary N) is 1. The fourth-order valence-corrected chi connectivity index (χ4v) is 1.68. The van der Waals surface area contributed by atoms with Gasteiger partial charge in [0.1, 0.15) is 5.75 Å². The first kappa shape index (κ1) is 13.0. The largest absolute Gasteiger partial charge is 0.496 e. The van der Waals surface area contributed by atoms with Gasteiger partial charge in [-0.2, -0.15) is 0 Å². The highest BCUT2D eigenvalue weighted by atomic mass is 16.5. The predicted molar refractivity (Wildman–Crippen MR) is 67.4 cm³/mol. The van der Waals surface area contributed by atoms with E-state index in [-0.39, 0.29) is 11.5 Å². The third kappa shape index (κ3) is 2.74. The van der Waals surface area contributed by atoms with E-state index in [2.05, 4.69) is 32.3 Å². The molecule has 0 aliphatic carbocycles. The number of nitrogens with two attached hydrogens (primary N) is 1. The van der Waals surface area contributed by atoms with E-state index in [4.69, 9.17) is 10.6 Å². The summed E-state index contributed by atoms with van der Waals surface area (Å²) in [5, 5.41) is 0. The zero-order valence-corrected chi connectivity index (χ0v) is 10.8. The Balaban J connectivity index is 3.22. The topological polar surface area (TPSA) is 47.3 Å². The molecule has 3 nitrogen and oxygen atoms in total. The monoisotopic (exact) mass is 222 g/mol. The standard InChI is InChI=1S/C13H22N2O/c1-9(15-14)10-6-7-12(16-5)11(8-10)13(2,3)4/h6-9,15H,14H2,1-5H3. The molecule has 0 amide bonds. The number of ether oxygens (including phenoxy) is 1. The number of hydrogen-bond acceptors (Lipinski definition) is 3. The summed E-state index contributed by atoms with van der Waals surface area (Å²) in [4.78, 5) is 0. The van der Waals surface area contributed by atoms with Crippen molar-refractivity contribution in [2.75, 3.05) is 7.11 Å². The van der Waals surface area contributed by atoms with Crippen LogP contribution in [-0.4, -0.2) is 7.11 Å². The molecule has 3 heteroatoms. The molecule has 3 N–H and O–H groups in total. The average Bonchev–Trinajstić information content (AvgIpc) is 2.26. The van der Waals surface area contributed by atoms with Crippen molar-refractivity contribution in [3.8, 4) is 5.75 Å². The Bertz CT molecular complexity index is 355. The van der Waals surface area contributed by atoms with Gasteiger partial charge >= 0.3 is 0 Å². The highest BCUT2D eigenvalue weighted by Gasteiger charge is 2.20. The second-order valence-electron chi connectivity index (χ2n) is 5.10. The summed E-state index contributed by atoms with van der Waals surface area (Å²) in [7, 11) is 1.70. The summed E-state index contributed by atoms with van der Waals surface area (Å²) in [5.74, 6) is 6.38. The van der Waals surface area contributed by atoms with Crippen LogP contribution in [0, 0.1) is 0 Å². The van der Waals surface area contributed by atoms with Gasteiger partial charge in [0, 0.05) is 6.04 Å². The molecule has 0 aliphatic heterocycles. The van der Waals surface area contributed by atoms with Gasteiger partial charge in [-0.05, 0) is 35.6 Å². The van der Waals surface area contributed by atoms with Crippen molar-refractivity contribution >= 4 is 0 Å². The van der Waals surface area contributed by atoms with Gasteiger partial charge in [-0.1, -0.05) is 26.8 Å². The first-order valence-corrected chi connectivity index (χ1v) is 5.54. The molecule has 1 atom stereocenters. The molecule has 1 rings (SSSR count). The van der Waals surface area contributed by atoms with Gasteiger partial charge in [-0.3, -0.25) is 11.3 Å². The SMILES string of the molecule is COc1ccc(C(C)NN)cc1C(C)(C)C. The molecule has 0 fully saturated rings. The highest BCUT2D eigenvalue weighted by molar-refractivity contribution is 5.42. The Morgan fingerprint density at radius 2 is 1.94 bits per heavy atom. The Morgan fingerprint density at radius 3 is 2.38 bits per heavy atom. The highest BCUT2D eigenvalue weighted by Crippen LogP contribution is 2.33. The van der Waals surface area contributed by atoms with Crippen molar-refractivity contribution in [2.45, 2.75) is 39.2 Å². The predicted octanol–water partition coefficient (Wildman–Crippen LogP) is 2.52. The van der Waals surface area contributed by atoms with Crippen molar-refractivity contribution in [1.82, 2.24) is 5.43 Å². The quantitative estimate of drug-likeness (QED) is 0.610. The van der Waals surface area contributed by atoms with Crippen molar-refractivity contribution in [3.63, 3.8) is 0 Å². The molecule has 0 bridgehead atoms. The molecule has 1 unspecified atom stereocenters. The lowest BCUT2D eigenvalue weighted by atomic mass is 9.84. The van der Waals surface area contributed by atoms with Gasteiger partial charge in [-0.15, -0.1) is 0 Å². The molecule has 0 saturated heterocycles. The van der Waals surface area contributed by atoms with Crippen molar-refractivity contribution < 1.29 is 4.74 Å². The fraction of sp³-hybridized carbons (Fsp3) is 0.538. The zero-order valence-electron chi connectivity index (χ0n) is 10.8. The van der Waals surface area contributed by atoms with Crippen LogP contribution in [0.4, 0.5) is 0 Å². The van der Waals surface area contributed by atoms with Gasteiger partial charge in [-0.25, -0.2) is 0 Å². The van der Waals surface area contributed by atoms with E-state index in [0.29, 0.717) is 0 Å². The molecule has 0 aromatic heterocycles. The van der Waals surface area contributed by atoms with Crippen LogP contribution in [0.2, 0.25) is 0 Å². The van der Waals surface area contributed by atoms with E-state index in [1.54, 1.807) is 7.11 Å². The van der Waals surface area contributed by atoms with E-state index < -0.39 is 0 Å². The molecule has 16 heavy (non-hydrogen) atoms. The number of rotatable bonds is 3. The first-order chi connectivity index (χ1) is 7.40. The number of benzene rings is 1. The minimum atomic E-state index is 0.0652. The molecular formula is C13H22N2O. The van der Waals surface area contributed by atoms with Crippen molar-refractivity contribution in [2.24, 2.45) is 5.84 Å². The number of hydrogen-bond donors (Lipinski definition) is 2. The normalized spacial score (nSPS) is 13.6. The minimum absolute atomic E-state index is 0.0652. The summed E-state index contributed by atoms with van der Waals surface area (Å²) < 4.78 is 5.39. The third-order valence-corrected chi connectivity index (χ3v) is 2.78. The van der Waals surface area contributed by atoms with Crippen LogP contribution in [0.3, 0.4) is 0 Å². The van der Waals surface area contributed by atoms with Crippen LogP contribution in [-0.2, 0) is 5.41 Å². The second-order valence-corrected chi connectivity index (χ2v) is 5.10. The molecule has 90 valence electrons. The molecule has 0 radical (unpaired) electrons. The van der Waals surface area contributed by atoms with Gasteiger partial charge in [0.2, 0.25) is 0 Å². The van der Waals surface area contributed by atoms with Gasteiger partial charge in [0.15, 0.2) is 0 Å². The fourth-order valence-electron chi connectivity index (χ4n) is 1.68. The van der Waals surface area contributed by atoms with Crippen LogP contribution in [0.1, 0.15) is 44.9 Å². The maximum absolute atomic E-state index is 5.45. The van der Waals surface area contributed by atoms with E-state index in [0.717, 1.165) is 5.75 Å². The maximum atomic E-state index is 5.45. The average molecular weight is 222 g/mol. The van der Waals surface area contributed by atoms with Gasteiger partial charge in [0.25, 0.3) is 0 Å². The molecule has 1 aromatic rings. The summed E-state index contributed by atoms with van der Waals surface area (Å²) in [6, 6.07) is 6.35. The number of hydrazine groups is 1. The Kier molecular flexibility index (Phi) is 3.94. The summed E-state index contributed by atoms with van der Waals surface area (Å²) in [5.41, 5.74) is 5.20. The van der Waals surface area contributed by atoms with E-state index >= 15 is 0 Å². The first-order valence-electron chi connectivity index (χ1n) is 5.54. The van der Waals surface area contributed by atoms with Crippen LogP contribution >= 0.6 is 0 Å².